The van der Waals surface area contributed by atoms with Crippen LogP contribution < -0.4 is 14.2 Å². The molecular weight excluding hydrogens is 522 g/mol. The van der Waals surface area contributed by atoms with Gasteiger partial charge in [0, 0.05) is 37.3 Å². The molecule has 1 amide bonds. The average Bonchev–Trinajstić information content (AvgIpc) is 3.00. The van der Waals surface area contributed by atoms with E-state index in [0.29, 0.717) is 43.0 Å². The molecule has 8 heteroatoms. The van der Waals surface area contributed by atoms with Gasteiger partial charge in [-0.1, -0.05) is 24.3 Å². The fourth-order valence-corrected chi connectivity index (χ4v) is 5.19. The Hall–Kier alpha value is -4.04. The molecule has 2 aromatic heterocycles. The Morgan fingerprint density at radius 1 is 0.900 bits per heavy atom. The second kappa shape index (κ2) is 13.8. The van der Waals surface area contributed by atoms with Gasteiger partial charge < -0.3 is 19.1 Å². The number of carbonyl (C=O) groups is 1. The van der Waals surface area contributed by atoms with Crippen molar-refractivity contribution in [1.29, 1.82) is 0 Å². The van der Waals surface area contributed by atoms with Crippen molar-refractivity contribution >= 4 is 17.9 Å². The Morgan fingerprint density at radius 2 is 1.65 bits per heavy atom. The summed E-state index contributed by atoms with van der Waals surface area (Å²) in [5, 5.41) is 1.03. The lowest BCUT2D eigenvalue weighted by Crippen LogP contribution is -2.41. The molecule has 3 heterocycles. The summed E-state index contributed by atoms with van der Waals surface area (Å²) < 4.78 is 17.4. The van der Waals surface area contributed by atoms with Gasteiger partial charge in [0.1, 0.15) is 17.2 Å². The van der Waals surface area contributed by atoms with Crippen LogP contribution in [0.2, 0.25) is 0 Å². The quantitative estimate of drug-likeness (QED) is 0.192. The van der Waals surface area contributed by atoms with Crippen LogP contribution in [0, 0.1) is 12.8 Å². The summed E-state index contributed by atoms with van der Waals surface area (Å²) in [6.07, 6.45) is 5.97. The first-order valence-electron chi connectivity index (χ1n) is 13.5. The summed E-state index contributed by atoms with van der Waals surface area (Å²) in [5.74, 6) is 3.98. The number of rotatable bonds is 10. The molecule has 206 valence electrons. The normalized spacial score (nSPS) is 13.6. The smallest absolute Gasteiger partial charge is 0.415 e. The van der Waals surface area contributed by atoms with Crippen molar-refractivity contribution in [3.8, 4) is 23.1 Å². The number of ether oxygens (including phenoxy) is 3. The van der Waals surface area contributed by atoms with Crippen molar-refractivity contribution in [2.45, 2.75) is 31.2 Å². The standard InChI is InChI=1S/C32H33N3O4S/c1-24-5-14-30(34-22-24)38-28-12-10-27(11-13-28)37-23-26-15-19-35(20-16-26)32(36)39-29-8-6-25(7-9-29)17-21-40-31-4-2-3-18-33-31/h2-14,18,22,26H,15-17,19-21,23H2,1H3. The minimum Gasteiger partial charge on any atom is -0.493 e. The van der Waals surface area contributed by atoms with Crippen molar-refractivity contribution in [3.05, 3.63) is 102 Å². The minimum atomic E-state index is -0.295. The molecule has 0 N–H and O–H groups in total. The van der Waals surface area contributed by atoms with Crippen LogP contribution in [0.25, 0.3) is 0 Å². The Morgan fingerprint density at radius 3 is 2.35 bits per heavy atom. The van der Waals surface area contributed by atoms with Crippen LogP contribution in [0.15, 0.2) is 96.3 Å². The maximum atomic E-state index is 12.7. The lowest BCUT2D eigenvalue weighted by Gasteiger charge is -2.31. The van der Waals surface area contributed by atoms with Gasteiger partial charge in [-0.3, -0.25) is 0 Å². The third kappa shape index (κ3) is 8.23. The van der Waals surface area contributed by atoms with Gasteiger partial charge >= 0.3 is 6.09 Å². The van der Waals surface area contributed by atoms with E-state index < -0.39 is 0 Å². The molecule has 5 rings (SSSR count). The van der Waals surface area contributed by atoms with Gasteiger partial charge in [-0.25, -0.2) is 14.8 Å². The number of thioether (sulfide) groups is 1. The molecule has 1 fully saturated rings. The average molecular weight is 556 g/mol. The molecule has 0 aliphatic carbocycles. The zero-order chi connectivity index (χ0) is 27.6. The number of aryl methyl sites for hydroxylation is 2. The molecule has 0 saturated carbocycles. The second-order valence-corrected chi connectivity index (χ2v) is 10.9. The van der Waals surface area contributed by atoms with Crippen LogP contribution in [0.4, 0.5) is 4.79 Å². The fourth-order valence-electron chi connectivity index (χ4n) is 4.33. The van der Waals surface area contributed by atoms with Gasteiger partial charge in [-0.15, -0.1) is 11.8 Å². The van der Waals surface area contributed by atoms with Crippen LogP contribution in [0.5, 0.6) is 23.1 Å². The van der Waals surface area contributed by atoms with Gasteiger partial charge in [0.05, 0.1) is 11.6 Å². The second-order valence-electron chi connectivity index (χ2n) is 9.77. The van der Waals surface area contributed by atoms with Gasteiger partial charge in [-0.2, -0.15) is 0 Å². The molecule has 0 radical (unpaired) electrons. The molecule has 1 saturated heterocycles. The first-order valence-corrected chi connectivity index (χ1v) is 14.5. The summed E-state index contributed by atoms with van der Waals surface area (Å²) in [6.45, 7) is 3.92. The van der Waals surface area contributed by atoms with Crippen molar-refractivity contribution < 1.29 is 19.0 Å². The molecule has 0 bridgehead atoms. The lowest BCUT2D eigenvalue weighted by molar-refractivity contribution is 0.117. The number of carbonyl (C=O) groups excluding carboxylic acids is 1. The summed E-state index contributed by atoms with van der Waals surface area (Å²) in [4.78, 5) is 23.1. The molecule has 0 spiro atoms. The SMILES string of the molecule is Cc1ccc(Oc2ccc(OCC3CCN(C(=O)Oc4ccc(CCSc5ccccn5)cc4)CC3)cc2)nc1. The van der Waals surface area contributed by atoms with Crippen molar-refractivity contribution in [1.82, 2.24) is 14.9 Å². The van der Waals surface area contributed by atoms with Crippen molar-refractivity contribution in [3.63, 3.8) is 0 Å². The maximum absolute atomic E-state index is 12.7. The van der Waals surface area contributed by atoms with Crippen LogP contribution in [0.1, 0.15) is 24.0 Å². The van der Waals surface area contributed by atoms with Gasteiger partial charge in [-0.05, 0) is 91.8 Å². The predicted molar refractivity (Wildman–Crippen MR) is 156 cm³/mol. The number of nitrogens with zero attached hydrogens (tertiary/aromatic N) is 3. The van der Waals surface area contributed by atoms with Crippen LogP contribution in [-0.2, 0) is 6.42 Å². The van der Waals surface area contributed by atoms with Crippen molar-refractivity contribution in [2.24, 2.45) is 5.92 Å². The summed E-state index contributed by atoms with van der Waals surface area (Å²) in [5.41, 5.74) is 2.29. The van der Waals surface area contributed by atoms with E-state index in [2.05, 4.69) is 9.97 Å². The van der Waals surface area contributed by atoms with E-state index in [0.717, 1.165) is 41.4 Å². The number of benzene rings is 2. The highest BCUT2D eigenvalue weighted by molar-refractivity contribution is 7.99. The zero-order valence-corrected chi connectivity index (χ0v) is 23.4. The lowest BCUT2D eigenvalue weighted by atomic mass is 9.98. The highest BCUT2D eigenvalue weighted by Gasteiger charge is 2.24. The number of aromatic nitrogens is 2. The molecule has 1 aliphatic heterocycles. The van der Waals surface area contributed by atoms with E-state index in [1.807, 2.05) is 92.0 Å². The molecular formula is C32H33N3O4S. The van der Waals surface area contributed by atoms with Crippen molar-refractivity contribution in [2.75, 3.05) is 25.4 Å². The van der Waals surface area contributed by atoms with Gasteiger partial charge in [0.15, 0.2) is 0 Å². The fraction of sp³-hybridized carbons (Fsp3) is 0.281. The maximum Gasteiger partial charge on any atom is 0.415 e. The van der Waals surface area contributed by atoms with Crippen LogP contribution in [-0.4, -0.2) is 46.4 Å². The van der Waals surface area contributed by atoms with Crippen LogP contribution in [0.3, 0.4) is 0 Å². The monoisotopic (exact) mass is 555 g/mol. The predicted octanol–water partition coefficient (Wildman–Crippen LogP) is 7.20. The van der Waals surface area contributed by atoms with E-state index in [9.17, 15) is 4.79 Å². The number of likely N-dealkylation sites (tertiary alicyclic amines) is 1. The summed E-state index contributed by atoms with van der Waals surface area (Å²) in [6, 6.07) is 25.1. The number of pyridine rings is 2. The van der Waals surface area contributed by atoms with E-state index in [1.165, 1.54) is 5.56 Å². The van der Waals surface area contributed by atoms with Gasteiger partial charge in [0.2, 0.25) is 5.88 Å². The number of piperidine rings is 1. The molecule has 40 heavy (non-hydrogen) atoms. The Bertz CT molecular complexity index is 1340. The largest absolute Gasteiger partial charge is 0.493 e. The Kier molecular flexibility index (Phi) is 9.53. The number of hydrogen-bond donors (Lipinski definition) is 0. The highest BCUT2D eigenvalue weighted by Crippen LogP contribution is 2.25. The molecule has 1 aliphatic rings. The number of hydrogen-bond acceptors (Lipinski definition) is 7. The first-order chi connectivity index (χ1) is 19.6. The molecule has 0 atom stereocenters. The van der Waals surface area contributed by atoms with E-state index in [1.54, 1.807) is 22.9 Å². The highest BCUT2D eigenvalue weighted by atomic mass is 32.2. The van der Waals surface area contributed by atoms with E-state index in [-0.39, 0.29) is 6.09 Å². The third-order valence-electron chi connectivity index (χ3n) is 6.70. The van der Waals surface area contributed by atoms with E-state index >= 15 is 0 Å². The Balaban J connectivity index is 0.994. The topological polar surface area (TPSA) is 73.8 Å². The van der Waals surface area contributed by atoms with Gasteiger partial charge in [0.25, 0.3) is 0 Å². The third-order valence-corrected chi connectivity index (χ3v) is 7.64. The molecule has 0 unspecified atom stereocenters. The minimum absolute atomic E-state index is 0.295. The number of amides is 1. The molecule has 2 aromatic carbocycles. The zero-order valence-electron chi connectivity index (χ0n) is 22.6. The Labute approximate surface area is 239 Å². The summed E-state index contributed by atoms with van der Waals surface area (Å²) >= 11 is 1.73. The summed E-state index contributed by atoms with van der Waals surface area (Å²) in [7, 11) is 0. The van der Waals surface area contributed by atoms with E-state index in [4.69, 9.17) is 14.2 Å². The molecule has 4 aromatic rings. The first kappa shape index (κ1) is 27.5. The van der Waals surface area contributed by atoms with Crippen LogP contribution >= 0.6 is 11.8 Å². The molecule has 7 nitrogen and oxygen atoms in total.